The lowest BCUT2D eigenvalue weighted by Gasteiger charge is -2.07. The molecule has 0 aliphatic carbocycles. The number of benzene rings is 1. The van der Waals surface area contributed by atoms with E-state index in [2.05, 4.69) is 10.9 Å². The lowest BCUT2D eigenvalue weighted by Crippen LogP contribution is -2.35. The number of allylic oxidation sites excluding steroid dienone is 2. The molecule has 3 nitrogen and oxygen atoms in total. The van der Waals surface area contributed by atoms with Crippen LogP contribution in [0.2, 0.25) is 5.02 Å². The topological polar surface area (TPSA) is 41.1 Å². The normalized spacial score (nSPS) is 11.0. The van der Waals surface area contributed by atoms with Crippen LogP contribution in [0.25, 0.3) is 0 Å². The van der Waals surface area contributed by atoms with Gasteiger partial charge in [0.05, 0.1) is 0 Å². The van der Waals surface area contributed by atoms with Crippen molar-refractivity contribution in [2.45, 2.75) is 13.8 Å². The molecule has 0 heterocycles. The third-order valence-electron chi connectivity index (χ3n) is 1.91. The van der Waals surface area contributed by atoms with Crippen LogP contribution in [0.15, 0.2) is 36.0 Å². The molecule has 2 N–H and O–H groups in total. The van der Waals surface area contributed by atoms with Crippen LogP contribution in [0, 0.1) is 0 Å². The molecule has 0 aromatic heterocycles. The predicted octanol–water partition coefficient (Wildman–Crippen LogP) is 2.50. The highest BCUT2D eigenvalue weighted by Gasteiger charge is 2.03. The van der Waals surface area contributed by atoms with Crippen LogP contribution in [0.3, 0.4) is 0 Å². The fraction of sp³-hybridized carbons (Fsp3) is 0.182. The molecule has 0 saturated carbocycles. The fourth-order valence-electron chi connectivity index (χ4n) is 0.901. The number of hydrazine groups is 1. The minimum Gasteiger partial charge on any atom is -0.303 e. The highest BCUT2D eigenvalue weighted by atomic mass is 35.5. The standard InChI is InChI=1S/C11H13ClN2O/c1-3-8(2)13-14-11(15)9-4-6-10(12)7-5-9/h3-7,13H,1-2H3,(H,14,15). The molecule has 1 aromatic rings. The van der Waals surface area contributed by atoms with Gasteiger partial charge in [0.25, 0.3) is 5.91 Å². The Morgan fingerprint density at radius 3 is 2.40 bits per heavy atom. The van der Waals surface area contributed by atoms with Crippen molar-refractivity contribution in [2.75, 3.05) is 0 Å². The average molecular weight is 225 g/mol. The van der Waals surface area contributed by atoms with E-state index in [1.54, 1.807) is 24.3 Å². The van der Waals surface area contributed by atoms with Crippen molar-refractivity contribution in [1.29, 1.82) is 0 Å². The molecule has 15 heavy (non-hydrogen) atoms. The highest BCUT2D eigenvalue weighted by Crippen LogP contribution is 2.08. The summed E-state index contributed by atoms with van der Waals surface area (Å²) >= 11 is 5.71. The smallest absolute Gasteiger partial charge is 0.269 e. The summed E-state index contributed by atoms with van der Waals surface area (Å²) in [5.74, 6) is -0.187. The summed E-state index contributed by atoms with van der Waals surface area (Å²) in [6.07, 6.45) is 1.86. The summed E-state index contributed by atoms with van der Waals surface area (Å²) in [5, 5.41) is 0.615. The maximum Gasteiger partial charge on any atom is 0.269 e. The van der Waals surface area contributed by atoms with Gasteiger partial charge in [-0.25, -0.2) is 0 Å². The molecule has 80 valence electrons. The highest BCUT2D eigenvalue weighted by molar-refractivity contribution is 6.30. The summed E-state index contributed by atoms with van der Waals surface area (Å²) in [4.78, 5) is 11.5. The Balaban J connectivity index is 2.58. The average Bonchev–Trinajstić information content (AvgIpc) is 2.26. The van der Waals surface area contributed by atoms with Crippen LogP contribution < -0.4 is 10.9 Å². The second-order valence-electron chi connectivity index (χ2n) is 3.06. The molecule has 1 aromatic carbocycles. The first kappa shape index (κ1) is 11.6. The SMILES string of the molecule is CC=C(C)NNC(=O)c1ccc(Cl)cc1. The van der Waals surface area contributed by atoms with E-state index in [9.17, 15) is 4.79 Å². The monoisotopic (exact) mass is 224 g/mol. The molecule has 4 heteroatoms. The lowest BCUT2D eigenvalue weighted by atomic mass is 10.2. The number of carbonyl (C=O) groups excluding carboxylic acids is 1. The van der Waals surface area contributed by atoms with Gasteiger partial charge in [0, 0.05) is 16.3 Å². The molecular formula is C11H13ClN2O. The zero-order valence-corrected chi connectivity index (χ0v) is 9.43. The van der Waals surface area contributed by atoms with E-state index in [-0.39, 0.29) is 5.91 Å². The van der Waals surface area contributed by atoms with Gasteiger partial charge in [-0.05, 0) is 38.1 Å². The van der Waals surface area contributed by atoms with Crippen molar-refractivity contribution in [3.63, 3.8) is 0 Å². The minimum absolute atomic E-state index is 0.187. The molecule has 0 spiro atoms. The van der Waals surface area contributed by atoms with E-state index in [1.165, 1.54) is 0 Å². The Morgan fingerprint density at radius 2 is 1.87 bits per heavy atom. The number of rotatable bonds is 3. The quantitative estimate of drug-likeness (QED) is 0.775. The van der Waals surface area contributed by atoms with Crippen molar-refractivity contribution < 1.29 is 4.79 Å². The van der Waals surface area contributed by atoms with Crippen LogP contribution >= 0.6 is 11.6 Å². The van der Waals surface area contributed by atoms with E-state index in [1.807, 2.05) is 19.9 Å². The Labute approximate surface area is 94.1 Å². The lowest BCUT2D eigenvalue weighted by molar-refractivity contribution is 0.0939. The second kappa shape index (κ2) is 5.41. The van der Waals surface area contributed by atoms with Gasteiger partial charge < -0.3 is 5.43 Å². The fourth-order valence-corrected chi connectivity index (χ4v) is 1.03. The van der Waals surface area contributed by atoms with E-state index in [0.29, 0.717) is 10.6 Å². The largest absolute Gasteiger partial charge is 0.303 e. The van der Waals surface area contributed by atoms with Crippen molar-refractivity contribution in [3.05, 3.63) is 46.6 Å². The predicted molar refractivity (Wildman–Crippen MR) is 61.5 cm³/mol. The first-order valence-electron chi connectivity index (χ1n) is 4.58. The van der Waals surface area contributed by atoms with Gasteiger partial charge in [0.2, 0.25) is 0 Å². The molecule has 0 radical (unpaired) electrons. The third kappa shape index (κ3) is 3.64. The molecule has 0 aliphatic rings. The summed E-state index contributed by atoms with van der Waals surface area (Å²) in [5.41, 5.74) is 6.79. The van der Waals surface area contributed by atoms with Gasteiger partial charge in [0.15, 0.2) is 0 Å². The second-order valence-corrected chi connectivity index (χ2v) is 3.49. The van der Waals surface area contributed by atoms with E-state index < -0.39 is 0 Å². The van der Waals surface area contributed by atoms with Crippen LogP contribution in [-0.2, 0) is 0 Å². The summed E-state index contributed by atoms with van der Waals surface area (Å²) in [6.45, 7) is 3.75. The molecule has 0 atom stereocenters. The first-order valence-corrected chi connectivity index (χ1v) is 4.96. The third-order valence-corrected chi connectivity index (χ3v) is 2.16. The van der Waals surface area contributed by atoms with Gasteiger partial charge in [-0.15, -0.1) is 0 Å². The number of amides is 1. The van der Waals surface area contributed by atoms with Crippen LogP contribution in [0.1, 0.15) is 24.2 Å². The van der Waals surface area contributed by atoms with E-state index in [4.69, 9.17) is 11.6 Å². The van der Waals surface area contributed by atoms with Gasteiger partial charge in [-0.1, -0.05) is 17.7 Å². The zero-order valence-electron chi connectivity index (χ0n) is 8.67. The zero-order chi connectivity index (χ0) is 11.3. The Kier molecular flexibility index (Phi) is 4.18. The number of hydrogen-bond acceptors (Lipinski definition) is 2. The molecule has 0 aliphatic heterocycles. The van der Waals surface area contributed by atoms with E-state index >= 15 is 0 Å². The van der Waals surface area contributed by atoms with Crippen molar-refractivity contribution >= 4 is 17.5 Å². The number of halogens is 1. The summed E-state index contributed by atoms with van der Waals surface area (Å²) in [7, 11) is 0. The molecule has 0 fully saturated rings. The summed E-state index contributed by atoms with van der Waals surface area (Å²) in [6, 6.07) is 6.70. The Morgan fingerprint density at radius 1 is 1.27 bits per heavy atom. The maximum atomic E-state index is 11.5. The summed E-state index contributed by atoms with van der Waals surface area (Å²) < 4.78 is 0. The van der Waals surface area contributed by atoms with Crippen molar-refractivity contribution in [1.82, 2.24) is 10.9 Å². The Bertz CT molecular complexity index is 371. The number of carbonyl (C=O) groups is 1. The van der Waals surface area contributed by atoms with Crippen LogP contribution in [0.4, 0.5) is 0 Å². The molecule has 1 amide bonds. The molecule has 0 saturated heterocycles. The maximum absolute atomic E-state index is 11.5. The molecule has 0 bridgehead atoms. The molecule has 0 unspecified atom stereocenters. The number of hydrogen-bond donors (Lipinski definition) is 2. The molecule has 1 rings (SSSR count). The van der Waals surface area contributed by atoms with Crippen LogP contribution in [-0.4, -0.2) is 5.91 Å². The van der Waals surface area contributed by atoms with Crippen molar-refractivity contribution in [3.8, 4) is 0 Å². The first-order chi connectivity index (χ1) is 7.13. The molecular weight excluding hydrogens is 212 g/mol. The van der Waals surface area contributed by atoms with E-state index in [0.717, 1.165) is 5.70 Å². The Hall–Kier alpha value is -1.48. The van der Waals surface area contributed by atoms with Gasteiger partial charge in [0.1, 0.15) is 0 Å². The van der Waals surface area contributed by atoms with Crippen LogP contribution in [0.5, 0.6) is 0 Å². The van der Waals surface area contributed by atoms with Gasteiger partial charge >= 0.3 is 0 Å². The minimum atomic E-state index is -0.187. The van der Waals surface area contributed by atoms with Crippen molar-refractivity contribution in [2.24, 2.45) is 0 Å². The number of nitrogens with one attached hydrogen (secondary N) is 2. The van der Waals surface area contributed by atoms with Gasteiger partial charge in [-0.3, -0.25) is 10.2 Å². The van der Waals surface area contributed by atoms with Gasteiger partial charge in [-0.2, -0.15) is 0 Å².